The van der Waals surface area contributed by atoms with Gasteiger partial charge in [-0.1, -0.05) is 87.9 Å². The van der Waals surface area contributed by atoms with Crippen molar-refractivity contribution in [3.05, 3.63) is 72.3 Å². The van der Waals surface area contributed by atoms with Gasteiger partial charge in [-0.3, -0.25) is 14.4 Å². The van der Waals surface area contributed by atoms with Gasteiger partial charge in [0.15, 0.2) is 5.60 Å². The third kappa shape index (κ3) is 21.1. The second-order valence-electron chi connectivity index (χ2n) is 18.6. The Morgan fingerprint density at radius 1 is 0.667 bits per heavy atom. The van der Waals surface area contributed by atoms with E-state index in [0.717, 1.165) is 38.5 Å². The number of para-hydroxylation sites is 1. The smallest absolute Gasteiger partial charge is 0.340 e. The molecule has 0 aromatic heterocycles. The Hall–Kier alpha value is -4.51. The van der Waals surface area contributed by atoms with Crippen molar-refractivity contribution in [1.82, 2.24) is 5.32 Å². The summed E-state index contributed by atoms with van der Waals surface area (Å²) in [4.78, 5) is 67.8. The van der Waals surface area contributed by atoms with Gasteiger partial charge in [0.2, 0.25) is 5.91 Å². The van der Waals surface area contributed by atoms with E-state index in [-0.39, 0.29) is 6.42 Å². The van der Waals surface area contributed by atoms with E-state index in [9.17, 15) is 29.1 Å². The molecule has 2 rings (SSSR count). The number of aliphatic hydroxyl groups is 1. The number of carbonyl (C=O) groups excluding carboxylic acids is 5. The molecule has 0 spiro atoms. The van der Waals surface area contributed by atoms with Crippen molar-refractivity contribution < 1.29 is 48.0 Å². The number of nitrogens with one attached hydrogen (secondary N) is 1. The first-order chi connectivity index (χ1) is 28.0. The van der Waals surface area contributed by atoms with E-state index in [1.807, 2.05) is 30.3 Å². The minimum absolute atomic E-state index is 0.000989. The van der Waals surface area contributed by atoms with E-state index in [1.54, 1.807) is 92.7 Å². The fourth-order valence-electron chi connectivity index (χ4n) is 6.34. The molecular formula is C49H73NO10. The van der Waals surface area contributed by atoms with Crippen LogP contribution in [0.1, 0.15) is 158 Å². The fourth-order valence-corrected chi connectivity index (χ4v) is 6.34. The lowest BCUT2D eigenvalue weighted by atomic mass is 9.82. The standard InChI is InChI=1S/C49H73NO10/c1-11-12-13-16-20-25-37(51)26-21-17-14-15-18-24-29-40(49(56,45(55)60-48(8,9)10)35-42(52)58-46(2,3)4)43(53)50-41(44(54)59-47(5,6)7)34-36-30-32-39(33-31-36)57-38-27-22-19-23-28-38/h19,22-24,27-33,40-41,56H,11-18,20-21,25-26,34-35H2,1-10H3,(H,50,53)/b29-24+/t40-,41+,49+/m1/s1. The second kappa shape index (κ2) is 24.7. The summed E-state index contributed by atoms with van der Waals surface area (Å²) in [6.45, 7) is 17.1. The number of esters is 3. The summed E-state index contributed by atoms with van der Waals surface area (Å²) < 4.78 is 22.8. The van der Waals surface area contributed by atoms with Crippen LogP contribution in [0.5, 0.6) is 11.5 Å². The quantitative estimate of drug-likeness (QED) is 0.0427. The highest BCUT2D eigenvalue weighted by atomic mass is 16.6. The van der Waals surface area contributed by atoms with Crippen molar-refractivity contribution in [2.45, 2.75) is 188 Å². The molecule has 1 amide bonds. The predicted octanol–water partition coefficient (Wildman–Crippen LogP) is 10.1. The lowest BCUT2D eigenvalue weighted by molar-refractivity contribution is -0.190. The number of hydrogen-bond acceptors (Lipinski definition) is 10. The average molecular weight is 836 g/mol. The van der Waals surface area contributed by atoms with Crippen molar-refractivity contribution in [3.8, 4) is 11.5 Å². The zero-order chi connectivity index (χ0) is 45.0. The number of rotatable bonds is 25. The molecule has 0 heterocycles. The predicted molar refractivity (Wildman–Crippen MR) is 234 cm³/mol. The number of carbonyl (C=O) groups is 5. The van der Waals surface area contributed by atoms with Crippen molar-refractivity contribution in [2.24, 2.45) is 5.92 Å². The first-order valence-corrected chi connectivity index (χ1v) is 21.7. The van der Waals surface area contributed by atoms with Gasteiger partial charge in [0.25, 0.3) is 0 Å². The Morgan fingerprint density at radius 3 is 1.75 bits per heavy atom. The Bertz CT molecular complexity index is 1660. The third-order valence-corrected chi connectivity index (χ3v) is 9.20. The Balaban J connectivity index is 2.38. The van der Waals surface area contributed by atoms with Crippen molar-refractivity contribution in [2.75, 3.05) is 0 Å². The molecule has 0 saturated carbocycles. The van der Waals surface area contributed by atoms with Crippen LogP contribution in [-0.4, -0.2) is 63.2 Å². The molecule has 2 aromatic rings. The Morgan fingerprint density at radius 2 is 1.20 bits per heavy atom. The first kappa shape index (κ1) is 51.6. The topological polar surface area (TPSA) is 155 Å². The molecule has 0 unspecified atom stereocenters. The summed E-state index contributed by atoms with van der Waals surface area (Å²) in [6.07, 6.45) is 12.6. The molecule has 0 aliphatic carbocycles. The molecule has 334 valence electrons. The summed E-state index contributed by atoms with van der Waals surface area (Å²) in [6, 6.07) is 15.0. The molecule has 0 aliphatic rings. The minimum atomic E-state index is -2.72. The fraction of sp³-hybridized carbons (Fsp3) is 0.612. The summed E-state index contributed by atoms with van der Waals surface area (Å²) in [7, 11) is 0. The number of allylic oxidation sites excluding steroid dienone is 1. The maximum atomic E-state index is 14.5. The molecule has 0 saturated heterocycles. The van der Waals surface area contributed by atoms with Crippen LogP contribution in [0.15, 0.2) is 66.7 Å². The van der Waals surface area contributed by atoms with E-state index >= 15 is 0 Å². The van der Waals surface area contributed by atoms with Gasteiger partial charge in [-0.25, -0.2) is 9.59 Å². The van der Waals surface area contributed by atoms with Gasteiger partial charge >= 0.3 is 17.9 Å². The Kier molecular flexibility index (Phi) is 21.2. The van der Waals surface area contributed by atoms with Crippen LogP contribution >= 0.6 is 0 Å². The zero-order valence-electron chi connectivity index (χ0n) is 38.0. The number of hydrogen-bond donors (Lipinski definition) is 2. The highest BCUT2D eigenvalue weighted by Crippen LogP contribution is 2.31. The van der Waals surface area contributed by atoms with Gasteiger partial charge < -0.3 is 29.4 Å². The van der Waals surface area contributed by atoms with Crippen LogP contribution in [0.3, 0.4) is 0 Å². The molecule has 0 radical (unpaired) electrons. The summed E-state index contributed by atoms with van der Waals surface area (Å²) in [5.74, 6) is -3.89. The molecule has 2 aromatic carbocycles. The largest absolute Gasteiger partial charge is 0.460 e. The maximum absolute atomic E-state index is 14.5. The first-order valence-electron chi connectivity index (χ1n) is 21.7. The number of ether oxygens (including phenoxy) is 4. The van der Waals surface area contributed by atoms with E-state index in [2.05, 4.69) is 12.2 Å². The van der Waals surface area contributed by atoms with E-state index < -0.39 is 64.6 Å². The number of Topliss-reactive ketones (excluding diaryl/α,β-unsaturated/α-hetero) is 1. The summed E-state index contributed by atoms with van der Waals surface area (Å²) in [5, 5.41) is 15.0. The molecule has 60 heavy (non-hydrogen) atoms. The summed E-state index contributed by atoms with van der Waals surface area (Å²) in [5.41, 5.74) is -4.99. The molecule has 0 bridgehead atoms. The number of ketones is 1. The second-order valence-corrected chi connectivity index (χ2v) is 18.6. The van der Waals surface area contributed by atoms with Crippen LogP contribution in [0, 0.1) is 5.92 Å². The minimum Gasteiger partial charge on any atom is -0.460 e. The van der Waals surface area contributed by atoms with Crippen LogP contribution < -0.4 is 10.1 Å². The molecule has 11 heteroatoms. The van der Waals surface area contributed by atoms with Gasteiger partial charge in [0.05, 0.1) is 12.3 Å². The molecular weight excluding hydrogens is 763 g/mol. The highest BCUT2D eigenvalue weighted by molar-refractivity contribution is 5.96. The van der Waals surface area contributed by atoms with Crippen LogP contribution in [0.2, 0.25) is 0 Å². The number of benzene rings is 2. The van der Waals surface area contributed by atoms with E-state index in [4.69, 9.17) is 18.9 Å². The van der Waals surface area contributed by atoms with Gasteiger partial charge in [-0.15, -0.1) is 0 Å². The number of unbranched alkanes of at least 4 members (excludes halogenated alkanes) is 8. The lowest BCUT2D eigenvalue weighted by Gasteiger charge is -2.35. The average Bonchev–Trinajstić information content (AvgIpc) is 3.12. The van der Waals surface area contributed by atoms with Crippen LogP contribution in [0.25, 0.3) is 0 Å². The molecule has 11 nitrogen and oxygen atoms in total. The summed E-state index contributed by atoms with van der Waals surface area (Å²) >= 11 is 0. The normalized spacial score (nSPS) is 14.1. The molecule has 2 N–H and O–H groups in total. The molecule has 0 aliphatic heterocycles. The third-order valence-electron chi connectivity index (χ3n) is 9.20. The van der Waals surface area contributed by atoms with Crippen LogP contribution in [0.4, 0.5) is 0 Å². The van der Waals surface area contributed by atoms with Gasteiger partial charge in [-0.2, -0.15) is 0 Å². The van der Waals surface area contributed by atoms with Crippen molar-refractivity contribution in [3.63, 3.8) is 0 Å². The van der Waals surface area contributed by atoms with Gasteiger partial charge in [-0.05, 0) is 118 Å². The van der Waals surface area contributed by atoms with Crippen molar-refractivity contribution >= 4 is 29.6 Å². The monoisotopic (exact) mass is 836 g/mol. The Labute approximate surface area is 359 Å². The highest BCUT2D eigenvalue weighted by Gasteiger charge is 2.52. The molecule has 0 fully saturated rings. The van der Waals surface area contributed by atoms with E-state index in [1.165, 1.54) is 25.3 Å². The molecule has 3 atom stereocenters. The van der Waals surface area contributed by atoms with Gasteiger partial charge in [0.1, 0.15) is 40.1 Å². The van der Waals surface area contributed by atoms with Crippen LogP contribution in [-0.2, 0) is 44.6 Å². The lowest BCUT2D eigenvalue weighted by Crippen LogP contribution is -2.57. The number of amides is 1. The van der Waals surface area contributed by atoms with E-state index in [0.29, 0.717) is 42.1 Å². The maximum Gasteiger partial charge on any atom is 0.340 e. The van der Waals surface area contributed by atoms with Crippen molar-refractivity contribution in [1.29, 1.82) is 0 Å². The SMILES string of the molecule is CCCCCCCC(=O)CCCCCC/C=C/[C@H](C(=O)N[C@@H](Cc1ccc(Oc2ccccc2)cc1)C(=O)OC(C)(C)C)[C@@](O)(CC(=O)OC(C)(C)C)C(=O)OC(C)(C)C. The zero-order valence-corrected chi connectivity index (χ0v) is 38.0. The van der Waals surface area contributed by atoms with Gasteiger partial charge in [0, 0.05) is 19.3 Å².